The van der Waals surface area contributed by atoms with Crippen LogP contribution in [-0.2, 0) is 0 Å². The molecule has 0 aliphatic rings. The van der Waals surface area contributed by atoms with E-state index in [9.17, 15) is 0 Å². The summed E-state index contributed by atoms with van der Waals surface area (Å²) >= 11 is 4.45. The zero-order valence-electron chi connectivity index (χ0n) is 13.1. The molecule has 1 aromatic rings. The van der Waals surface area contributed by atoms with E-state index < -0.39 is 0 Å². The van der Waals surface area contributed by atoms with E-state index in [4.69, 9.17) is 0 Å². The lowest BCUT2D eigenvalue weighted by Gasteiger charge is -2.43. The zero-order valence-corrected chi connectivity index (χ0v) is 14.0. The van der Waals surface area contributed by atoms with E-state index in [0.29, 0.717) is 12.1 Å². The molecular weight excluding hydrogens is 250 g/mol. The van der Waals surface area contributed by atoms with Crippen molar-refractivity contribution in [2.75, 3.05) is 12.8 Å². The Kier molecular flexibility index (Phi) is 6.41. The molecule has 1 aromatic carbocycles. The summed E-state index contributed by atoms with van der Waals surface area (Å²) in [6.07, 6.45) is 2.30. The lowest BCUT2D eigenvalue weighted by atomic mass is 9.77. The molecular formula is C17H29NS. The Morgan fingerprint density at radius 1 is 1.21 bits per heavy atom. The number of nitrogens with zero attached hydrogens (tertiary/aromatic N) is 1. The Morgan fingerprint density at radius 3 is 2.26 bits per heavy atom. The van der Waals surface area contributed by atoms with Crippen LogP contribution < -0.4 is 0 Å². The topological polar surface area (TPSA) is 3.24 Å². The molecule has 0 N–H and O–H groups in total. The lowest BCUT2D eigenvalue weighted by molar-refractivity contribution is 0.0749. The highest BCUT2D eigenvalue weighted by molar-refractivity contribution is 7.80. The summed E-state index contributed by atoms with van der Waals surface area (Å²) in [4.78, 5) is 2.53. The summed E-state index contributed by atoms with van der Waals surface area (Å²) in [7, 11) is 2.26. The van der Waals surface area contributed by atoms with Crippen molar-refractivity contribution in [3.63, 3.8) is 0 Å². The summed E-state index contributed by atoms with van der Waals surface area (Å²) in [6.45, 7) is 9.29. The van der Waals surface area contributed by atoms with Crippen molar-refractivity contribution in [3.8, 4) is 0 Å². The molecule has 1 rings (SSSR count). The Morgan fingerprint density at radius 2 is 1.79 bits per heavy atom. The first-order valence-corrected chi connectivity index (χ1v) is 7.95. The molecule has 2 atom stereocenters. The van der Waals surface area contributed by atoms with Gasteiger partial charge in [0.2, 0.25) is 0 Å². The molecule has 0 radical (unpaired) electrons. The average Bonchev–Trinajstić information content (AvgIpc) is 2.38. The fourth-order valence-corrected chi connectivity index (χ4v) is 3.42. The van der Waals surface area contributed by atoms with E-state index in [2.05, 4.69) is 82.6 Å². The fourth-order valence-electron chi connectivity index (χ4n) is 2.84. The fraction of sp³-hybridized carbons (Fsp3) is 0.647. The van der Waals surface area contributed by atoms with Gasteiger partial charge in [-0.15, -0.1) is 0 Å². The van der Waals surface area contributed by atoms with Crippen molar-refractivity contribution in [2.45, 2.75) is 52.6 Å². The highest BCUT2D eigenvalue weighted by Crippen LogP contribution is 2.41. The van der Waals surface area contributed by atoms with Gasteiger partial charge in [0.05, 0.1) is 0 Å². The van der Waals surface area contributed by atoms with Gasteiger partial charge in [-0.2, -0.15) is 12.6 Å². The Hall–Kier alpha value is -0.470. The predicted octanol–water partition coefficient (Wildman–Crippen LogP) is 4.80. The van der Waals surface area contributed by atoms with Crippen LogP contribution in [0, 0.1) is 5.41 Å². The summed E-state index contributed by atoms with van der Waals surface area (Å²) in [5, 5.41) is 0. The molecule has 19 heavy (non-hydrogen) atoms. The van der Waals surface area contributed by atoms with Crippen LogP contribution in [-0.4, -0.2) is 23.7 Å². The van der Waals surface area contributed by atoms with Crippen LogP contribution in [0.25, 0.3) is 0 Å². The number of hydrogen-bond acceptors (Lipinski definition) is 2. The molecule has 2 unspecified atom stereocenters. The Labute approximate surface area is 124 Å². The van der Waals surface area contributed by atoms with Gasteiger partial charge in [0, 0.05) is 12.1 Å². The van der Waals surface area contributed by atoms with Crippen molar-refractivity contribution in [2.24, 2.45) is 5.41 Å². The van der Waals surface area contributed by atoms with Crippen molar-refractivity contribution >= 4 is 12.6 Å². The van der Waals surface area contributed by atoms with Gasteiger partial charge in [0.1, 0.15) is 0 Å². The van der Waals surface area contributed by atoms with E-state index in [1.54, 1.807) is 0 Å². The molecule has 1 nitrogen and oxygen atoms in total. The average molecular weight is 279 g/mol. The van der Waals surface area contributed by atoms with E-state index in [1.807, 2.05) is 0 Å². The monoisotopic (exact) mass is 279 g/mol. The van der Waals surface area contributed by atoms with Gasteiger partial charge in [0.25, 0.3) is 0 Å². The predicted molar refractivity (Wildman–Crippen MR) is 89.0 cm³/mol. The van der Waals surface area contributed by atoms with Crippen molar-refractivity contribution in [3.05, 3.63) is 35.9 Å². The number of thiol groups is 1. The largest absolute Gasteiger partial charge is 0.296 e. The summed E-state index contributed by atoms with van der Waals surface area (Å²) in [6, 6.07) is 11.9. The van der Waals surface area contributed by atoms with Gasteiger partial charge in [-0.3, -0.25) is 4.90 Å². The quantitative estimate of drug-likeness (QED) is 0.701. The number of hydrogen-bond donors (Lipinski definition) is 1. The molecule has 0 bridgehead atoms. The SMILES string of the molecule is CCC(C)N(C)C(c1ccccc1)C(C)(C)CCS. The second-order valence-electron chi connectivity index (χ2n) is 6.20. The minimum atomic E-state index is 0.223. The Balaban J connectivity index is 3.11. The van der Waals surface area contributed by atoms with Gasteiger partial charge in [-0.05, 0) is 43.5 Å². The minimum absolute atomic E-state index is 0.223. The van der Waals surface area contributed by atoms with E-state index in [-0.39, 0.29) is 5.41 Å². The first-order chi connectivity index (χ1) is 8.94. The first-order valence-electron chi connectivity index (χ1n) is 7.31. The third kappa shape index (κ3) is 4.25. The smallest absolute Gasteiger partial charge is 0.0399 e. The van der Waals surface area contributed by atoms with Gasteiger partial charge >= 0.3 is 0 Å². The van der Waals surface area contributed by atoms with Gasteiger partial charge in [-0.25, -0.2) is 0 Å². The third-order valence-electron chi connectivity index (χ3n) is 4.31. The summed E-state index contributed by atoms with van der Waals surface area (Å²) < 4.78 is 0. The molecule has 0 aromatic heterocycles. The normalized spacial score (nSPS) is 15.5. The second kappa shape index (κ2) is 7.35. The summed E-state index contributed by atoms with van der Waals surface area (Å²) in [5.74, 6) is 0.935. The lowest BCUT2D eigenvalue weighted by Crippen LogP contribution is -2.40. The highest BCUT2D eigenvalue weighted by atomic mass is 32.1. The molecule has 0 heterocycles. The van der Waals surface area contributed by atoms with E-state index in [0.717, 1.165) is 12.2 Å². The van der Waals surface area contributed by atoms with Crippen LogP contribution in [0.4, 0.5) is 0 Å². The Bertz CT molecular complexity index is 361. The van der Waals surface area contributed by atoms with Crippen LogP contribution in [0.15, 0.2) is 30.3 Å². The molecule has 0 aliphatic heterocycles. The summed E-state index contributed by atoms with van der Waals surface area (Å²) in [5.41, 5.74) is 1.64. The standard InChI is InChI=1S/C17H29NS/c1-6-14(2)18(5)16(17(3,4)12-13-19)15-10-8-7-9-11-15/h7-11,14,16,19H,6,12-13H2,1-5H3. The molecule has 2 heteroatoms. The molecule has 0 saturated carbocycles. The van der Waals surface area contributed by atoms with Gasteiger partial charge < -0.3 is 0 Å². The molecule has 0 fully saturated rings. The number of benzene rings is 1. The maximum atomic E-state index is 4.45. The van der Waals surface area contributed by atoms with Crippen LogP contribution in [0.3, 0.4) is 0 Å². The molecule has 0 aliphatic carbocycles. The molecule has 0 spiro atoms. The highest BCUT2D eigenvalue weighted by Gasteiger charge is 2.34. The van der Waals surface area contributed by atoms with Crippen molar-refractivity contribution in [1.82, 2.24) is 4.90 Å². The molecule has 108 valence electrons. The van der Waals surface area contributed by atoms with E-state index in [1.165, 1.54) is 12.0 Å². The van der Waals surface area contributed by atoms with Gasteiger partial charge in [0.15, 0.2) is 0 Å². The molecule has 0 amide bonds. The van der Waals surface area contributed by atoms with Crippen LogP contribution >= 0.6 is 12.6 Å². The third-order valence-corrected chi connectivity index (χ3v) is 4.53. The zero-order chi connectivity index (χ0) is 14.5. The second-order valence-corrected chi connectivity index (χ2v) is 6.65. The number of rotatable bonds is 7. The maximum Gasteiger partial charge on any atom is 0.0399 e. The molecule has 0 saturated heterocycles. The van der Waals surface area contributed by atoms with E-state index >= 15 is 0 Å². The van der Waals surface area contributed by atoms with Crippen LogP contribution in [0.2, 0.25) is 0 Å². The minimum Gasteiger partial charge on any atom is -0.296 e. The van der Waals surface area contributed by atoms with Crippen molar-refractivity contribution in [1.29, 1.82) is 0 Å². The maximum absolute atomic E-state index is 4.45. The van der Waals surface area contributed by atoms with Crippen molar-refractivity contribution < 1.29 is 0 Å². The first kappa shape index (κ1) is 16.6. The van der Waals surface area contributed by atoms with Crippen LogP contribution in [0.5, 0.6) is 0 Å². The van der Waals surface area contributed by atoms with Gasteiger partial charge in [-0.1, -0.05) is 51.1 Å². The van der Waals surface area contributed by atoms with Crippen LogP contribution in [0.1, 0.15) is 52.1 Å².